The van der Waals surface area contributed by atoms with Gasteiger partial charge in [-0.05, 0) is 70.0 Å². The van der Waals surface area contributed by atoms with Gasteiger partial charge < -0.3 is 30.9 Å². The number of aliphatic hydroxyl groups excluding tert-OH is 1. The predicted octanol–water partition coefficient (Wildman–Crippen LogP) is 9.49. The zero-order chi connectivity index (χ0) is 41.5. The minimum atomic E-state index is -0.575. The highest BCUT2D eigenvalue weighted by atomic mass is 16.7. The van der Waals surface area contributed by atoms with Crippen LogP contribution >= 0.6 is 0 Å². The SMILES string of the molecule is Nc1ccccc1NC(=O)CCCCC(=O)NCc1cccc(-c2ccc(C3OC(CN(Cc4ccccc4)Cc4ccccc4)CC(c4ccc(CO)cc4)O3)cc2)c1. The van der Waals surface area contributed by atoms with Crippen LogP contribution in [0.2, 0.25) is 0 Å². The monoisotopic (exact) mass is 802 g/mol. The van der Waals surface area contributed by atoms with Crippen molar-refractivity contribution in [2.75, 3.05) is 17.6 Å². The number of ether oxygens (including phenoxy) is 2. The fourth-order valence-electron chi connectivity index (χ4n) is 7.57. The maximum absolute atomic E-state index is 12.7. The second-order valence-electron chi connectivity index (χ2n) is 15.4. The van der Waals surface area contributed by atoms with Crippen molar-refractivity contribution < 1.29 is 24.2 Å². The minimum absolute atomic E-state index is 0.00640. The lowest BCUT2D eigenvalue weighted by Gasteiger charge is -2.38. The third kappa shape index (κ3) is 12.2. The van der Waals surface area contributed by atoms with Crippen LogP contribution in [0.15, 0.2) is 158 Å². The number of carbonyl (C=O) groups excluding carboxylic acids is 2. The molecule has 2 amide bonds. The second kappa shape index (κ2) is 21.2. The van der Waals surface area contributed by atoms with Gasteiger partial charge >= 0.3 is 0 Å². The van der Waals surface area contributed by atoms with Crippen molar-refractivity contribution in [1.82, 2.24) is 10.2 Å². The molecule has 1 saturated heterocycles. The third-order valence-corrected chi connectivity index (χ3v) is 10.8. The summed E-state index contributed by atoms with van der Waals surface area (Å²) in [6.07, 6.45) is 1.71. The maximum atomic E-state index is 12.7. The number of hydrogen-bond acceptors (Lipinski definition) is 7. The molecule has 3 unspecified atom stereocenters. The van der Waals surface area contributed by atoms with Gasteiger partial charge in [0.25, 0.3) is 0 Å². The van der Waals surface area contributed by atoms with Crippen LogP contribution < -0.4 is 16.4 Å². The Morgan fingerprint density at radius 2 is 1.25 bits per heavy atom. The molecule has 7 rings (SSSR count). The molecule has 0 aliphatic carbocycles. The van der Waals surface area contributed by atoms with E-state index in [0.29, 0.717) is 50.0 Å². The van der Waals surface area contributed by atoms with E-state index in [4.69, 9.17) is 15.2 Å². The van der Waals surface area contributed by atoms with Gasteiger partial charge in [-0.1, -0.05) is 140 Å². The summed E-state index contributed by atoms with van der Waals surface area (Å²) in [6, 6.07) is 52.8. The van der Waals surface area contributed by atoms with Crippen LogP contribution in [0.1, 0.15) is 77.9 Å². The van der Waals surface area contributed by atoms with Gasteiger partial charge in [-0.3, -0.25) is 14.5 Å². The number of benzene rings is 6. The Morgan fingerprint density at radius 1 is 0.633 bits per heavy atom. The number of nitrogens with zero attached hydrogens (tertiary/aromatic N) is 1. The molecule has 0 spiro atoms. The van der Waals surface area contributed by atoms with Gasteiger partial charge in [-0.2, -0.15) is 0 Å². The van der Waals surface area contributed by atoms with Crippen molar-refractivity contribution in [1.29, 1.82) is 0 Å². The molecule has 6 aromatic rings. The highest BCUT2D eigenvalue weighted by Gasteiger charge is 2.33. The number of aliphatic hydroxyl groups is 1. The van der Waals surface area contributed by atoms with Crippen molar-refractivity contribution in [3.63, 3.8) is 0 Å². The first-order valence-corrected chi connectivity index (χ1v) is 20.8. The van der Waals surface area contributed by atoms with Crippen molar-refractivity contribution in [3.05, 3.63) is 191 Å². The van der Waals surface area contributed by atoms with E-state index < -0.39 is 6.29 Å². The standard InChI is InChI=1S/C51H54N4O5/c52-46-18-7-8-19-47(46)54-50(58)21-10-9-20-49(57)53-32-40-16-11-17-44(30-40)41-26-28-43(29-27-41)51-59-45(31-48(60-51)42-24-22-39(36-56)23-25-42)35-55(33-37-12-3-1-4-13-37)34-38-14-5-2-6-15-38/h1-8,11-19,22-30,45,48,51,56H,9-10,20-21,31-36,52H2,(H,53,57)(H,54,58). The summed E-state index contributed by atoms with van der Waals surface area (Å²) < 4.78 is 13.5. The molecule has 1 aliphatic heterocycles. The topological polar surface area (TPSA) is 126 Å². The number of para-hydroxylation sites is 2. The smallest absolute Gasteiger partial charge is 0.224 e. The third-order valence-electron chi connectivity index (χ3n) is 10.8. The average molecular weight is 803 g/mol. The summed E-state index contributed by atoms with van der Waals surface area (Å²) in [4.78, 5) is 27.4. The van der Waals surface area contributed by atoms with E-state index in [-0.39, 0.29) is 30.6 Å². The lowest BCUT2D eigenvalue weighted by molar-refractivity contribution is -0.253. The number of nitrogens with two attached hydrogens (primary N) is 1. The van der Waals surface area contributed by atoms with Gasteiger partial charge in [0, 0.05) is 51.0 Å². The average Bonchev–Trinajstić information content (AvgIpc) is 3.28. The molecule has 0 bridgehead atoms. The summed E-state index contributed by atoms with van der Waals surface area (Å²) in [7, 11) is 0. The summed E-state index contributed by atoms with van der Waals surface area (Å²) in [5.41, 5.74) is 15.5. The highest BCUT2D eigenvalue weighted by molar-refractivity contribution is 5.93. The molecule has 60 heavy (non-hydrogen) atoms. The van der Waals surface area contributed by atoms with E-state index in [9.17, 15) is 14.7 Å². The van der Waals surface area contributed by atoms with Crippen LogP contribution in [0.5, 0.6) is 0 Å². The van der Waals surface area contributed by atoms with E-state index >= 15 is 0 Å². The molecule has 0 saturated carbocycles. The zero-order valence-corrected chi connectivity index (χ0v) is 33.9. The number of hydrogen-bond donors (Lipinski definition) is 4. The first-order valence-electron chi connectivity index (χ1n) is 20.8. The largest absolute Gasteiger partial charge is 0.397 e. The molecular formula is C51H54N4O5. The Balaban J connectivity index is 0.975. The lowest BCUT2D eigenvalue weighted by atomic mass is 9.98. The Bertz CT molecular complexity index is 2230. The van der Waals surface area contributed by atoms with Gasteiger partial charge in [0.05, 0.1) is 30.2 Å². The molecule has 0 aromatic heterocycles. The van der Waals surface area contributed by atoms with Crippen molar-refractivity contribution >= 4 is 23.2 Å². The molecule has 3 atom stereocenters. The van der Waals surface area contributed by atoms with E-state index in [1.165, 1.54) is 11.1 Å². The number of amides is 2. The van der Waals surface area contributed by atoms with E-state index in [0.717, 1.165) is 53.0 Å². The Morgan fingerprint density at radius 3 is 1.92 bits per heavy atom. The van der Waals surface area contributed by atoms with Crippen LogP contribution in [0, 0.1) is 0 Å². The van der Waals surface area contributed by atoms with E-state index in [1.807, 2.05) is 60.7 Å². The quantitative estimate of drug-likeness (QED) is 0.0504. The Labute approximate surface area is 353 Å². The van der Waals surface area contributed by atoms with Crippen LogP contribution in [0.3, 0.4) is 0 Å². The van der Waals surface area contributed by atoms with Crippen molar-refractivity contribution in [3.8, 4) is 11.1 Å². The number of nitrogen functional groups attached to an aromatic ring is 1. The summed E-state index contributed by atoms with van der Waals surface area (Å²) in [5, 5.41) is 15.5. The van der Waals surface area contributed by atoms with E-state index in [1.54, 1.807) is 12.1 Å². The summed E-state index contributed by atoms with van der Waals surface area (Å²) in [6.45, 7) is 2.71. The Kier molecular flexibility index (Phi) is 14.9. The normalized spacial score (nSPS) is 16.3. The molecule has 1 aliphatic rings. The molecule has 0 radical (unpaired) electrons. The first-order chi connectivity index (χ1) is 29.4. The van der Waals surface area contributed by atoms with Gasteiger partial charge in [-0.15, -0.1) is 0 Å². The van der Waals surface area contributed by atoms with Crippen molar-refractivity contribution in [2.24, 2.45) is 0 Å². The van der Waals surface area contributed by atoms with Crippen LogP contribution in [0.25, 0.3) is 11.1 Å². The van der Waals surface area contributed by atoms with Crippen LogP contribution in [-0.4, -0.2) is 34.5 Å². The predicted molar refractivity (Wildman–Crippen MR) is 237 cm³/mol. The molecule has 308 valence electrons. The number of rotatable bonds is 18. The molecule has 9 nitrogen and oxygen atoms in total. The number of anilines is 2. The summed E-state index contributed by atoms with van der Waals surface area (Å²) in [5.74, 6) is -0.162. The lowest BCUT2D eigenvalue weighted by Crippen LogP contribution is -2.39. The second-order valence-corrected chi connectivity index (χ2v) is 15.4. The molecule has 5 N–H and O–H groups in total. The molecular weight excluding hydrogens is 749 g/mol. The fourth-order valence-corrected chi connectivity index (χ4v) is 7.57. The van der Waals surface area contributed by atoms with Gasteiger partial charge in [0.15, 0.2) is 6.29 Å². The van der Waals surface area contributed by atoms with Gasteiger partial charge in [-0.25, -0.2) is 0 Å². The van der Waals surface area contributed by atoms with Gasteiger partial charge in [0.1, 0.15) is 0 Å². The number of unbranched alkanes of at least 4 members (excludes halogenated alkanes) is 1. The minimum Gasteiger partial charge on any atom is -0.397 e. The Hall–Kier alpha value is -6.10. The first kappa shape index (κ1) is 42.0. The summed E-state index contributed by atoms with van der Waals surface area (Å²) >= 11 is 0. The van der Waals surface area contributed by atoms with E-state index in [2.05, 4.69) is 100 Å². The molecule has 6 aromatic carbocycles. The maximum Gasteiger partial charge on any atom is 0.224 e. The van der Waals surface area contributed by atoms with Gasteiger partial charge in [0.2, 0.25) is 11.8 Å². The van der Waals surface area contributed by atoms with Crippen LogP contribution in [0.4, 0.5) is 11.4 Å². The number of carbonyl (C=O) groups is 2. The number of nitrogens with one attached hydrogen (secondary N) is 2. The zero-order valence-electron chi connectivity index (χ0n) is 33.9. The highest BCUT2D eigenvalue weighted by Crippen LogP contribution is 2.39. The molecule has 1 fully saturated rings. The van der Waals surface area contributed by atoms with Crippen LogP contribution in [-0.2, 0) is 45.3 Å². The fraction of sp³-hybridized carbons (Fsp3) is 0.255. The molecule has 1 heterocycles. The van der Waals surface area contributed by atoms with Crippen molar-refractivity contribution in [2.45, 2.75) is 76.8 Å². The molecule has 9 heteroatoms.